The minimum absolute atomic E-state index is 0.0561. The fourth-order valence-corrected chi connectivity index (χ4v) is 4.62. The lowest BCUT2D eigenvalue weighted by Crippen LogP contribution is -2.14. The number of carbonyl (C=O) groups is 1. The molecule has 0 aliphatic heterocycles. The molecule has 0 bridgehead atoms. The summed E-state index contributed by atoms with van der Waals surface area (Å²) in [4.78, 5) is 12.2. The van der Waals surface area contributed by atoms with Crippen molar-refractivity contribution in [1.82, 2.24) is 14.8 Å². The second kappa shape index (κ2) is 7.94. The molecule has 0 saturated heterocycles. The molecule has 0 aliphatic rings. The number of anilines is 1. The fraction of sp³-hybridized carbons (Fsp3) is 0.150. The van der Waals surface area contributed by atoms with E-state index in [-0.39, 0.29) is 11.7 Å². The zero-order valence-electron chi connectivity index (χ0n) is 14.8. The number of amides is 1. The van der Waals surface area contributed by atoms with Crippen LogP contribution in [0.3, 0.4) is 0 Å². The summed E-state index contributed by atoms with van der Waals surface area (Å²) in [5, 5.41) is 15.7. The molecule has 0 radical (unpaired) electrons. The van der Waals surface area contributed by atoms with E-state index >= 15 is 0 Å². The van der Waals surface area contributed by atoms with Crippen LogP contribution < -0.4 is 5.32 Å². The van der Waals surface area contributed by atoms with Crippen LogP contribution >= 0.6 is 23.1 Å². The first-order chi connectivity index (χ1) is 13.3. The molecular weight excluding hydrogens is 376 g/mol. The van der Waals surface area contributed by atoms with Gasteiger partial charge in [-0.1, -0.05) is 48.2 Å². The third-order valence-electron chi connectivity index (χ3n) is 4.14. The highest BCUT2D eigenvalue weighted by atomic mass is 32.2. The molecule has 0 atom stereocenters. The molecule has 7 heteroatoms. The maximum Gasteiger partial charge on any atom is 0.234 e. The number of nitrogens with one attached hydrogen (secondary N) is 1. The number of nitrogens with zero attached hydrogens (tertiary/aromatic N) is 3. The molecule has 0 saturated carbocycles. The lowest BCUT2D eigenvalue weighted by atomic mass is 10.1. The summed E-state index contributed by atoms with van der Waals surface area (Å²) in [6, 6.07) is 17.8. The van der Waals surface area contributed by atoms with Crippen LogP contribution in [0.25, 0.3) is 21.5 Å². The van der Waals surface area contributed by atoms with Crippen LogP contribution in [0.15, 0.2) is 65.1 Å². The summed E-state index contributed by atoms with van der Waals surface area (Å²) < 4.78 is 3.30. The van der Waals surface area contributed by atoms with Gasteiger partial charge in [0.15, 0.2) is 11.0 Å². The van der Waals surface area contributed by atoms with Gasteiger partial charge in [0.25, 0.3) is 0 Å². The Labute approximate surface area is 165 Å². The lowest BCUT2D eigenvalue weighted by molar-refractivity contribution is -0.113. The summed E-state index contributed by atoms with van der Waals surface area (Å²) in [6.45, 7) is 2.81. The largest absolute Gasteiger partial charge is 0.325 e. The number of hydrogen-bond acceptors (Lipinski definition) is 5. The van der Waals surface area contributed by atoms with Crippen LogP contribution in [0.5, 0.6) is 0 Å². The van der Waals surface area contributed by atoms with Gasteiger partial charge in [-0.2, -0.15) is 0 Å². The van der Waals surface area contributed by atoms with E-state index in [2.05, 4.69) is 44.5 Å². The van der Waals surface area contributed by atoms with E-state index in [0.29, 0.717) is 0 Å². The molecule has 4 aromatic rings. The monoisotopic (exact) mass is 394 g/mol. The van der Waals surface area contributed by atoms with Crippen LogP contribution in [0, 0.1) is 0 Å². The van der Waals surface area contributed by atoms with Gasteiger partial charge in [-0.3, -0.25) is 4.79 Å². The first-order valence-electron chi connectivity index (χ1n) is 8.63. The van der Waals surface area contributed by atoms with Gasteiger partial charge in [-0.15, -0.1) is 21.5 Å². The number of thioether (sulfide) groups is 1. The predicted octanol–water partition coefficient (Wildman–Crippen LogP) is 4.91. The van der Waals surface area contributed by atoms with Crippen LogP contribution in [-0.4, -0.2) is 26.4 Å². The van der Waals surface area contributed by atoms with Crippen molar-refractivity contribution < 1.29 is 4.79 Å². The van der Waals surface area contributed by atoms with Gasteiger partial charge < -0.3 is 9.88 Å². The minimum atomic E-state index is -0.0561. The Morgan fingerprint density at radius 3 is 2.70 bits per heavy atom. The van der Waals surface area contributed by atoms with Gasteiger partial charge in [0.05, 0.1) is 5.75 Å². The van der Waals surface area contributed by atoms with Crippen molar-refractivity contribution in [2.75, 3.05) is 11.1 Å². The van der Waals surface area contributed by atoms with Gasteiger partial charge in [-0.05, 0) is 25.1 Å². The zero-order valence-corrected chi connectivity index (χ0v) is 16.4. The molecule has 1 amide bonds. The Hall–Kier alpha value is -2.64. The average molecular weight is 395 g/mol. The molecule has 0 unspecified atom stereocenters. The molecule has 4 rings (SSSR count). The van der Waals surface area contributed by atoms with Crippen LogP contribution in [0.2, 0.25) is 0 Å². The highest BCUT2D eigenvalue weighted by molar-refractivity contribution is 7.99. The molecule has 1 N–H and O–H groups in total. The number of aromatic nitrogens is 3. The summed E-state index contributed by atoms with van der Waals surface area (Å²) in [5.74, 6) is 1.08. The Morgan fingerprint density at radius 2 is 1.89 bits per heavy atom. The number of benzene rings is 2. The summed E-state index contributed by atoms with van der Waals surface area (Å²) in [5.41, 5.74) is 1.89. The number of thiophene rings is 1. The van der Waals surface area contributed by atoms with E-state index in [1.807, 2.05) is 42.5 Å². The minimum Gasteiger partial charge on any atom is -0.325 e. The quantitative estimate of drug-likeness (QED) is 0.472. The Balaban J connectivity index is 1.52. The molecule has 136 valence electrons. The maximum atomic E-state index is 12.2. The fourth-order valence-electron chi connectivity index (χ4n) is 2.88. The first-order valence-corrected chi connectivity index (χ1v) is 10.5. The third-order valence-corrected chi connectivity index (χ3v) is 6.08. The van der Waals surface area contributed by atoms with Crippen molar-refractivity contribution in [3.63, 3.8) is 0 Å². The van der Waals surface area contributed by atoms with Crippen LogP contribution in [0.4, 0.5) is 5.69 Å². The lowest BCUT2D eigenvalue weighted by Gasteiger charge is -2.07. The second-order valence-electron chi connectivity index (χ2n) is 5.90. The maximum absolute atomic E-state index is 12.2. The van der Waals surface area contributed by atoms with E-state index in [4.69, 9.17) is 0 Å². The average Bonchev–Trinajstić information content (AvgIpc) is 3.30. The van der Waals surface area contributed by atoms with Crippen LogP contribution in [0.1, 0.15) is 6.92 Å². The van der Waals surface area contributed by atoms with Crippen molar-refractivity contribution in [3.8, 4) is 11.4 Å². The molecular formula is C20H18N4OS2. The summed E-state index contributed by atoms with van der Waals surface area (Å²) >= 11 is 3.11. The van der Waals surface area contributed by atoms with E-state index in [1.54, 1.807) is 11.3 Å². The predicted molar refractivity (Wildman–Crippen MR) is 112 cm³/mol. The summed E-state index contributed by atoms with van der Waals surface area (Å²) in [7, 11) is 0. The Bertz CT molecular complexity index is 1070. The van der Waals surface area contributed by atoms with Crippen molar-refractivity contribution in [3.05, 3.63) is 60.0 Å². The van der Waals surface area contributed by atoms with Crippen molar-refractivity contribution in [2.45, 2.75) is 18.6 Å². The number of fused-ring (bicyclic) bond motifs is 1. The molecule has 0 fully saturated rings. The molecule has 2 aromatic heterocycles. The highest BCUT2D eigenvalue weighted by Crippen LogP contribution is 2.34. The zero-order chi connectivity index (χ0) is 18.6. The summed E-state index contributed by atoms with van der Waals surface area (Å²) in [6.07, 6.45) is 0. The molecule has 5 nitrogen and oxygen atoms in total. The number of para-hydroxylation sites is 1. The van der Waals surface area contributed by atoms with E-state index in [1.165, 1.54) is 21.8 Å². The van der Waals surface area contributed by atoms with Crippen LogP contribution in [-0.2, 0) is 11.3 Å². The molecule has 2 aromatic carbocycles. The van der Waals surface area contributed by atoms with Gasteiger partial charge in [0.2, 0.25) is 5.91 Å². The van der Waals surface area contributed by atoms with Crippen molar-refractivity contribution in [2.24, 2.45) is 0 Å². The van der Waals surface area contributed by atoms with E-state index in [0.717, 1.165) is 28.8 Å². The Kier molecular flexibility index (Phi) is 5.22. The molecule has 0 aliphatic carbocycles. The van der Waals surface area contributed by atoms with Gasteiger partial charge in [0.1, 0.15) is 0 Å². The van der Waals surface area contributed by atoms with Crippen molar-refractivity contribution >= 4 is 44.8 Å². The normalized spacial score (nSPS) is 11.0. The third kappa shape index (κ3) is 3.74. The van der Waals surface area contributed by atoms with Gasteiger partial charge in [0, 0.05) is 33.3 Å². The number of carbonyl (C=O) groups excluding carboxylic acids is 1. The first kappa shape index (κ1) is 17.8. The Morgan fingerprint density at radius 1 is 1.11 bits per heavy atom. The molecule has 0 spiro atoms. The number of hydrogen-bond donors (Lipinski definition) is 1. The van der Waals surface area contributed by atoms with Gasteiger partial charge >= 0.3 is 0 Å². The molecule has 27 heavy (non-hydrogen) atoms. The van der Waals surface area contributed by atoms with E-state index < -0.39 is 0 Å². The smallest absolute Gasteiger partial charge is 0.234 e. The standard InChI is InChI=1S/C20H18N4OS2/c1-2-24-19(16-12-26-17-11-7-6-10-15(16)17)22-23-20(24)27-13-18(25)21-14-8-4-3-5-9-14/h3-12H,2,13H2,1H3,(H,21,25). The van der Waals surface area contributed by atoms with Gasteiger partial charge in [-0.25, -0.2) is 0 Å². The second-order valence-corrected chi connectivity index (χ2v) is 7.75. The topological polar surface area (TPSA) is 59.8 Å². The van der Waals surface area contributed by atoms with Crippen molar-refractivity contribution in [1.29, 1.82) is 0 Å². The molecule has 2 heterocycles. The highest BCUT2D eigenvalue weighted by Gasteiger charge is 2.17. The SMILES string of the molecule is CCn1c(SCC(=O)Nc2ccccc2)nnc1-c1csc2ccccc12. The van der Waals surface area contributed by atoms with E-state index in [9.17, 15) is 4.79 Å². The number of rotatable bonds is 6.